The molecule has 4 heteroatoms. The van der Waals surface area contributed by atoms with Crippen molar-refractivity contribution in [1.29, 1.82) is 0 Å². The van der Waals surface area contributed by atoms with E-state index < -0.39 is 0 Å². The second-order valence-corrected chi connectivity index (χ2v) is 4.81. The van der Waals surface area contributed by atoms with Gasteiger partial charge in [0.2, 0.25) is 0 Å². The maximum Gasteiger partial charge on any atom is 0.132 e. The van der Waals surface area contributed by atoms with Crippen LogP contribution in [0.4, 0.5) is 5.82 Å². The Morgan fingerprint density at radius 3 is 2.65 bits per heavy atom. The molecule has 0 unspecified atom stereocenters. The highest BCUT2D eigenvalue weighted by atomic mass is 15.0. The van der Waals surface area contributed by atoms with Gasteiger partial charge in [-0.25, -0.2) is 9.97 Å². The van der Waals surface area contributed by atoms with Gasteiger partial charge < -0.3 is 5.32 Å². The Morgan fingerprint density at radius 1 is 1.00 bits per heavy atom. The average molecular weight is 264 g/mol. The first-order chi connectivity index (χ1) is 9.69. The van der Waals surface area contributed by atoms with Gasteiger partial charge in [0.1, 0.15) is 12.1 Å². The summed E-state index contributed by atoms with van der Waals surface area (Å²) >= 11 is 0. The van der Waals surface area contributed by atoms with E-state index in [4.69, 9.17) is 0 Å². The van der Waals surface area contributed by atoms with Gasteiger partial charge in [-0.15, -0.1) is 0 Å². The van der Waals surface area contributed by atoms with E-state index in [1.807, 2.05) is 33.0 Å². The highest BCUT2D eigenvalue weighted by Crippen LogP contribution is 2.27. The number of fused-ring (bicyclic) bond motifs is 1. The number of aromatic nitrogens is 3. The van der Waals surface area contributed by atoms with E-state index in [9.17, 15) is 0 Å². The molecule has 0 saturated carbocycles. The van der Waals surface area contributed by atoms with Gasteiger partial charge in [-0.2, -0.15) is 0 Å². The highest BCUT2D eigenvalue weighted by Gasteiger charge is 2.09. The van der Waals surface area contributed by atoms with Crippen molar-refractivity contribution in [3.8, 4) is 11.3 Å². The summed E-state index contributed by atoms with van der Waals surface area (Å²) in [6.45, 7) is 4.03. The first-order valence-corrected chi connectivity index (χ1v) is 6.56. The third kappa shape index (κ3) is 2.09. The van der Waals surface area contributed by atoms with Crippen LogP contribution >= 0.6 is 0 Å². The van der Waals surface area contributed by atoms with E-state index in [2.05, 4.69) is 38.5 Å². The third-order valence-corrected chi connectivity index (χ3v) is 3.42. The molecule has 0 aliphatic carbocycles. The second-order valence-electron chi connectivity index (χ2n) is 4.81. The molecule has 0 saturated heterocycles. The molecule has 1 aromatic carbocycles. The van der Waals surface area contributed by atoms with E-state index in [-0.39, 0.29) is 0 Å². The van der Waals surface area contributed by atoms with Crippen LogP contribution in [-0.2, 0) is 0 Å². The van der Waals surface area contributed by atoms with Crippen molar-refractivity contribution >= 4 is 16.7 Å². The topological polar surface area (TPSA) is 50.7 Å². The summed E-state index contributed by atoms with van der Waals surface area (Å²) in [5.74, 6) is 0.858. The molecule has 0 aliphatic heterocycles. The number of anilines is 1. The summed E-state index contributed by atoms with van der Waals surface area (Å²) in [5, 5.41) is 4.21. The molecule has 3 aromatic rings. The van der Waals surface area contributed by atoms with Crippen LogP contribution in [-0.4, -0.2) is 22.0 Å². The van der Waals surface area contributed by atoms with Crippen LogP contribution in [0.3, 0.4) is 0 Å². The van der Waals surface area contributed by atoms with Crippen molar-refractivity contribution in [3.63, 3.8) is 0 Å². The fourth-order valence-corrected chi connectivity index (χ4v) is 2.37. The number of hydrogen-bond acceptors (Lipinski definition) is 4. The summed E-state index contributed by atoms with van der Waals surface area (Å²) in [5.41, 5.74) is 5.12. The number of benzene rings is 1. The maximum atomic E-state index is 4.52. The van der Waals surface area contributed by atoms with Gasteiger partial charge in [0.05, 0.1) is 11.2 Å². The number of nitrogens with zero attached hydrogens (tertiary/aromatic N) is 3. The molecular formula is C16H16N4. The van der Waals surface area contributed by atoms with Gasteiger partial charge in [-0.05, 0) is 32.0 Å². The van der Waals surface area contributed by atoms with Crippen molar-refractivity contribution in [3.05, 3.63) is 47.9 Å². The van der Waals surface area contributed by atoms with E-state index in [1.165, 1.54) is 0 Å². The largest absolute Gasteiger partial charge is 0.373 e. The van der Waals surface area contributed by atoms with Gasteiger partial charge >= 0.3 is 0 Å². The van der Waals surface area contributed by atoms with Crippen molar-refractivity contribution < 1.29 is 0 Å². The Labute approximate surface area is 117 Å². The molecule has 1 N–H and O–H groups in total. The Balaban J connectivity index is 2.17. The Hall–Kier alpha value is -2.49. The van der Waals surface area contributed by atoms with Gasteiger partial charge in [-0.1, -0.05) is 12.1 Å². The van der Waals surface area contributed by atoms with Crippen LogP contribution in [0.15, 0.2) is 36.7 Å². The van der Waals surface area contributed by atoms with Crippen LogP contribution in [0.5, 0.6) is 0 Å². The summed E-state index contributed by atoms with van der Waals surface area (Å²) in [7, 11) is 1.87. The first kappa shape index (κ1) is 12.5. The molecule has 20 heavy (non-hydrogen) atoms. The molecule has 100 valence electrons. The van der Waals surface area contributed by atoms with Crippen LogP contribution in [0.2, 0.25) is 0 Å². The Kier molecular flexibility index (Phi) is 3.06. The molecule has 0 bridgehead atoms. The summed E-state index contributed by atoms with van der Waals surface area (Å²) < 4.78 is 0. The van der Waals surface area contributed by atoms with Gasteiger partial charge in [0, 0.05) is 29.3 Å². The summed E-state index contributed by atoms with van der Waals surface area (Å²) in [6.07, 6.45) is 1.59. The zero-order chi connectivity index (χ0) is 14.1. The lowest BCUT2D eigenvalue weighted by Gasteiger charge is -2.09. The predicted molar refractivity (Wildman–Crippen MR) is 81.8 cm³/mol. The molecule has 0 fully saturated rings. The molecular weight excluding hydrogens is 248 g/mol. The summed E-state index contributed by atoms with van der Waals surface area (Å²) in [4.78, 5) is 13.2. The Morgan fingerprint density at radius 2 is 1.85 bits per heavy atom. The number of hydrogen-bond donors (Lipinski definition) is 1. The standard InChI is InChI=1S/C16H16N4/c1-10-4-5-12-8-13(6-7-14(12)20-10)15-11(2)16(17-3)19-9-18-15/h4-9H,1-3H3,(H,17,18,19). The average Bonchev–Trinajstić information content (AvgIpc) is 2.47. The number of aryl methyl sites for hydroxylation is 1. The molecule has 0 aliphatic rings. The fourth-order valence-electron chi connectivity index (χ4n) is 2.37. The molecule has 0 atom stereocenters. The quantitative estimate of drug-likeness (QED) is 0.771. The molecule has 0 radical (unpaired) electrons. The molecule has 2 aromatic heterocycles. The number of pyridine rings is 1. The zero-order valence-corrected chi connectivity index (χ0v) is 11.8. The van der Waals surface area contributed by atoms with Gasteiger partial charge in [0.25, 0.3) is 0 Å². The minimum Gasteiger partial charge on any atom is -0.373 e. The normalized spacial score (nSPS) is 10.8. The number of nitrogens with one attached hydrogen (secondary N) is 1. The van der Waals surface area contributed by atoms with E-state index >= 15 is 0 Å². The minimum absolute atomic E-state index is 0.858. The van der Waals surface area contributed by atoms with Crippen molar-refractivity contribution in [2.45, 2.75) is 13.8 Å². The van der Waals surface area contributed by atoms with Gasteiger partial charge in [0.15, 0.2) is 0 Å². The predicted octanol–water partition coefficient (Wildman–Crippen LogP) is 3.35. The number of rotatable bonds is 2. The maximum absolute atomic E-state index is 4.52. The van der Waals surface area contributed by atoms with E-state index in [0.717, 1.165) is 39.2 Å². The lowest BCUT2D eigenvalue weighted by molar-refractivity contribution is 1.13. The monoisotopic (exact) mass is 264 g/mol. The second kappa shape index (κ2) is 4.89. The van der Waals surface area contributed by atoms with E-state index in [1.54, 1.807) is 6.33 Å². The minimum atomic E-state index is 0.858. The van der Waals surface area contributed by atoms with Crippen LogP contribution < -0.4 is 5.32 Å². The molecule has 0 amide bonds. The van der Waals surface area contributed by atoms with Crippen molar-refractivity contribution in [2.24, 2.45) is 0 Å². The molecule has 3 rings (SSSR count). The highest BCUT2D eigenvalue weighted by molar-refractivity contribution is 5.84. The molecule has 2 heterocycles. The van der Waals surface area contributed by atoms with Gasteiger partial charge in [-0.3, -0.25) is 4.98 Å². The SMILES string of the molecule is CNc1ncnc(-c2ccc3nc(C)ccc3c2)c1C. The Bertz CT molecular complexity index is 781. The zero-order valence-electron chi connectivity index (χ0n) is 11.8. The van der Waals surface area contributed by atoms with Crippen LogP contribution in [0, 0.1) is 13.8 Å². The summed E-state index contributed by atoms with van der Waals surface area (Å²) in [6, 6.07) is 10.3. The first-order valence-electron chi connectivity index (χ1n) is 6.56. The molecule has 0 spiro atoms. The lowest BCUT2D eigenvalue weighted by Crippen LogP contribution is -1.99. The van der Waals surface area contributed by atoms with Crippen LogP contribution in [0.1, 0.15) is 11.3 Å². The van der Waals surface area contributed by atoms with Crippen molar-refractivity contribution in [2.75, 3.05) is 12.4 Å². The third-order valence-electron chi connectivity index (χ3n) is 3.42. The van der Waals surface area contributed by atoms with Crippen molar-refractivity contribution in [1.82, 2.24) is 15.0 Å². The smallest absolute Gasteiger partial charge is 0.132 e. The van der Waals surface area contributed by atoms with E-state index in [0.29, 0.717) is 0 Å². The van der Waals surface area contributed by atoms with Crippen LogP contribution in [0.25, 0.3) is 22.2 Å². The fraction of sp³-hybridized carbons (Fsp3) is 0.188. The lowest BCUT2D eigenvalue weighted by atomic mass is 10.0. The molecule has 4 nitrogen and oxygen atoms in total.